The Morgan fingerprint density at radius 1 is 1.08 bits per heavy atom. The Morgan fingerprint density at radius 2 is 1.84 bits per heavy atom. The average Bonchev–Trinajstić information content (AvgIpc) is 3.12. The summed E-state index contributed by atoms with van der Waals surface area (Å²) in [5, 5.41) is 2.94. The zero-order valence-corrected chi connectivity index (χ0v) is 14.2. The molecule has 6 heteroatoms. The summed E-state index contributed by atoms with van der Waals surface area (Å²) in [5.41, 5.74) is 1.93. The van der Waals surface area contributed by atoms with Gasteiger partial charge in [-0.25, -0.2) is 15.0 Å². The molecule has 1 amide bonds. The molecule has 1 N–H and O–H groups in total. The summed E-state index contributed by atoms with van der Waals surface area (Å²) in [6, 6.07) is 9.54. The molecular weight excluding hydrogens is 314 g/mol. The Labute approximate surface area is 147 Å². The van der Waals surface area contributed by atoms with E-state index in [1.54, 1.807) is 24.7 Å². The highest BCUT2D eigenvalue weighted by Gasteiger charge is 2.09. The third kappa shape index (κ3) is 4.29. The third-order valence-corrected chi connectivity index (χ3v) is 3.87. The fourth-order valence-corrected chi connectivity index (χ4v) is 2.61. The molecule has 0 saturated heterocycles. The first-order valence-corrected chi connectivity index (χ1v) is 8.43. The van der Waals surface area contributed by atoms with Gasteiger partial charge in [-0.05, 0) is 30.2 Å². The van der Waals surface area contributed by atoms with E-state index >= 15 is 0 Å². The molecule has 0 aliphatic heterocycles. The number of carbonyl (C=O) groups is 1. The van der Waals surface area contributed by atoms with Crippen molar-refractivity contribution in [2.24, 2.45) is 0 Å². The van der Waals surface area contributed by atoms with Crippen molar-refractivity contribution < 1.29 is 4.79 Å². The van der Waals surface area contributed by atoms with Gasteiger partial charge in [-0.3, -0.25) is 4.79 Å². The molecule has 0 bridgehead atoms. The van der Waals surface area contributed by atoms with Crippen LogP contribution >= 0.6 is 0 Å². The van der Waals surface area contributed by atoms with Crippen LogP contribution in [-0.4, -0.2) is 32.0 Å². The van der Waals surface area contributed by atoms with Crippen molar-refractivity contribution in [2.75, 3.05) is 6.54 Å². The number of nitrogens with zero attached hydrogens (tertiary/aromatic N) is 4. The van der Waals surface area contributed by atoms with Gasteiger partial charge in [0.15, 0.2) is 11.6 Å². The largest absolute Gasteiger partial charge is 0.350 e. The smallest absolute Gasteiger partial charge is 0.251 e. The van der Waals surface area contributed by atoms with Crippen LogP contribution in [0.1, 0.15) is 29.3 Å². The molecule has 0 saturated carbocycles. The highest BCUT2D eigenvalue weighted by atomic mass is 16.1. The summed E-state index contributed by atoms with van der Waals surface area (Å²) in [6.45, 7) is 3.25. The maximum atomic E-state index is 12.2. The van der Waals surface area contributed by atoms with E-state index in [4.69, 9.17) is 0 Å². The number of carbonyl (C=O) groups excluding carboxylic acids is 1. The second-order valence-electron chi connectivity index (χ2n) is 5.72. The fourth-order valence-electron chi connectivity index (χ4n) is 2.61. The summed E-state index contributed by atoms with van der Waals surface area (Å²) < 4.78 is 1.93. The van der Waals surface area contributed by atoms with Gasteiger partial charge in [-0.1, -0.05) is 25.5 Å². The second-order valence-corrected chi connectivity index (χ2v) is 5.72. The second kappa shape index (κ2) is 8.19. The van der Waals surface area contributed by atoms with Crippen LogP contribution in [0.15, 0.2) is 55.1 Å². The average molecular weight is 335 g/mol. The number of rotatable bonds is 7. The van der Waals surface area contributed by atoms with Gasteiger partial charge in [0.2, 0.25) is 0 Å². The van der Waals surface area contributed by atoms with Crippen LogP contribution in [0.3, 0.4) is 0 Å². The minimum absolute atomic E-state index is 0.0688. The van der Waals surface area contributed by atoms with Crippen LogP contribution in [0.25, 0.3) is 11.6 Å². The number of nitrogens with one attached hydrogen (secondary N) is 1. The van der Waals surface area contributed by atoms with Crippen LogP contribution in [0, 0.1) is 0 Å². The lowest BCUT2D eigenvalue weighted by molar-refractivity contribution is 0.0952. The molecule has 0 fully saturated rings. The van der Waals surface area contributed by atoms with Crippen molar-refractivity contribution in [1.82, 2.24) is 24.8 Å². The first-order chi connectivity index (χ1) is 12.3. The molecule has 1 aromatic carbocycles. The van der Waals surface area contributed by atoms with Crippen molar-refractivity contribution in [3.8, 4) is 11.6 Å². The predicted molar refractivity (Wildman–Crippen MR) is 96.0 cm³/mol. The zero-order chi connectivity index (χ0) is 17.5. The molecule has 0 radical (unpaired) electrons. The SMILES string of the molecule is CCCc1ccc(C(=O)NCCn2ccnc2-c2ncccn2)cc1. The van der Waals surface area contributed by atoms with Crippen molar-refractivity contribution in [1.29, 1.82) is 0 Å². The molecule has 6 nitrogen and oxygen atoms in total. The van der Waals surface area contributed by atoms with Gasteiger partial charge in [0.25, 0.3) is 5.91 Å². The van der Waals surface area contributed by atoms with Crippen molar-refractivity contribution in [3.63, 3.8) is 0 Å². The molecule has 0 aliphatic rings. The van der Waals surface area contributed by atoms with Crippen molar-refractivity contribution in [2.45, 2.75) is 26.3 Å². The molecule has 128 valence electrons. The lowest BCUT2D eigenvalue weighted by Crippen LogP contribution is -2.27. The first-order valence-electron chi connectivity index (χ1n) is 8.43. The quantitative estimate of drug-likeness (QED) is 0.720. The Bertz CT molecular complexity index is 811. The number of amides is 1. The van der Waals surface area contributed by atoms with Crippen LogP contribution in [0.2, 0.25) is 0 Å². The van der Waals surface area contributed by atoms with Gasteiger partial charge in [0, 0.05) is 43.4 Å². The normalized spacial score (nSPS) is 10.6. The molecule has 0 spiro atoms. The minimum Gasteiger partial charge on any atom is -0.350 e. The topological polar surface area (TPSA) is 72.7 Å². The number of aryl methyl sites for hydroxylation is 1. The van der Waals surface area contributed by atoms with Crippen LogP contribution < -0.4 is 5.32 Å². The number of imidazole rings is 1. The summed E-state index contributed by atoms with van der Waals surface area (Å²) in [6.07, 6.45) is 9.07. The van der Waals surface area contributed by atoms with Gasteiger partial charge >= 0.3 is 0 Å². The fraction of sp³-hybridized carbons (Fsp3) is 0.263. The zero-order valence-electron chi connectivity index (χ0n) is 14.2. The highest BCUT2D eigenvalue weighted by molar-refractivity contribution is 5.94. The molecule has 0 atom stereocenters. The number of hydrogen-bond acceptors (Lipinski definition) is 4. The predicted octanol–water partition coefficient (Wildman–Crippen LogP) is 2.72. The standard InChI is InChI=1S/C19H21N5O/c1-2-4-15-5-7-16(8-6-15)19(25)23-12-14-24-13-11-22-18(24)17-20-9-3-10-21-17/h3,5-11,13H,2,4,12,14H2,1H3,(H,23,25). The van der Waals surface area contributed by atoms with E-state index in [-0.39, 0.29) is 5.91 Å². The van der Waals surface area contributed by atoms with E-state index in [1.165, 1.54) is 5.56 Å². The summed E-state index contributed by atoms with van der Waals surface area (Å²) in [7, 11) is 0. The lowest BCUT2D eigenvalue weighted by Gasteiger charge is -2.09. The van der Waals surface area contributed by atoms with E-state index in [0.29, 0.717) is 30.3 Å². The van der Waals surface area contributed by atoms with Crippen molar-refractivity contribution >= 4 is 5.91 Å². The molecule has 3 aromatic rings. The third-order valence-electron chi connectivity index (χ3n) is 3.87. The van der Waals surface area contributed by atoms with E-state index < -0.39 is 0 Å². The summed E-state index contributed by atoms with van der Waals surface area (Å²) >= 11 is 0. The first kappa shape index (κ1) is 16.8. The molecule has 0 aliphatic carbocycles. The van der Waals surface area contributed by atoms with Crippen LogP contribution in [0.5, 0.6) is 0 Å². The van der Waals surface area contributed by atoms with E-state index in [1.807, 2.05) is 35.0 Å². The summed E-state index contributed by atoms with van der Waals surface area (Å²) in [4.78, 5) is 25.0. The molecule has 25 heavy (non-hydrogen) atoms. The monoisotopic (exact) mass is 335 g/mol. The highest BCUT2D eigenvalue weighted by Crippen LogP contribution is 2.11. The maximum absolute atomic E-state index is 12.2. The van der Waals surface area contributed by atoms with Gasteiger partial charge in [0.1, 0.15) is 0 Å². The molecule has 0 unspecified atom stereocenters. The number of hydrogen-bond donors (Lipinski definition) is 1. The molecule has 3 rings (SSSR count). The Kier molecular flexibility index (Phi) is 5.51. The maximum Gasteiger partial charge on any atom is 0.251 e. The van der Waals surface area contributed by atoms with Crippen LogP contribution in [0.4, 0.5) is 0 Å². The van der Waals surface area contributed by atoms with E-state index in [9.17, 15) is 4.79 Å². The Balaban J connectivity index is 1.56. The van der Waals surface area contributed by atoms with Gasteiger partial charge < -0.3 is 9.88 Å². The minimum atomic E-state index is -0.0688. The van der Waals surface area contributed by atoms with E-state index in [0.717, 1.165) is 12.8 Å². The van der Waals surface area contributed by atoms with Gasteiger partial charge in [0.05, 0.1) is 0 Å². The summed E-state index contributed by atoms with van der Waals surface area (Å²) in [5.74, 6) is 1.20. The molecular formula is C19H21N5O. The molecule has 2 heterocycles. The van der Waals surface area contributed by atoms with Crippen LogP contribution in [-0.2, 0) is 13.0 Å². The lowest BCUT2D eigenvalue weighted by atomic mass is 10.1. The Hall–Kier alpha value is -3.02. The Morgan fingerprint density at radius 3 is 2.56 bits per heavy atom. The van der Waals surface area contributed by atoms with Gasteiger partial charge in [-0.2, -0.15) is 0 Å². The number of aromatic nitrogens is 4. The number of benzene rings is 1. The molecule has 2 aromatic heterocycles. The van der Waals surface area contributed by atoms with Gasteiger partial charge in [-0.15, -0.1) is 0 Å². The van der Waals surface area contributed by atoms with E-state index in [2.05, 4.69) is 27.2 Å². The van der Waals surface area contributed by atoms with Crippen molar-refractivity contribution in [3.05, 3.63) is 66.2 Å².